The largest absolute Gasteiger partial charge is 0.416 e. The molecule has 0 atom stereocenters. The maximum atomic E-state index is 12.6. The Kier molecular flexibility index (Phi) is 5.29. The average Bonchev–Trinajstić information content (AvgIpc) is 2.73. The standard InChI is InChI=1S/C17H21F3N4S/c1-22(11-13-6-8-14(9-7-13)17(18,19)20)12-24-16(25)23-10-4-2-3-5-15(23)21-24/h6-9H,2-5,10-12H2,1H3. The normalized spacial score (nSPS) is 15.2. The maximum Gasteiger partial charge on any atom is 0.416 e. The van der Waals surface area contributed by atoms with Crippen LogP contribution in [0.4, 0.5) is 13.2 Å². The number of halogens is 3. The zero-order valence-corrected chi connectivity index (χ0v) is 14.9. The van der Waals surface area contributed by atoms with Crippen LogP contribution in [0.25, 0.3) is 0 Å². The van der Waals surface area contributed by atoms with Crippen LogP contribution in [0.3, 0.4) is 0 Å². The molecule has 4 nitrogen and oxygen atoms in total. The van der Waals surface area contributed by atoms with Gasteiger partial charge >= 0.3 is 6.18 Å². The van der Waals surface area contributed by atoms with Crippen molar-refractivity contribution in [3.05, 3.63) is 46.0 Å². The summed E-state index contributed by atoms with van der Waals surface area (Å²) in [7, 11) is 1.91. The lowest BCUT2D eigenvalue weighted by molar-refractivity contribution is -0.137. The van der Waals surface area contributed by atoms with E-state index in [0.717, 1.165) is 54.1 Å². The second-order valence-electron chi connectivity index (χ2n) is 6.51. The first-order valence-electron chi connectivity index (χ1n) is 8.36. The number of aryl methyl sites for hydroxylation is 1. The van der Waals surface area contributed by atoms with E-state index in [1.54, 1.807) is 4.68 Å². The maximum absolute atomic E-state index is 12.6. The molecule has 0 amide bonds. The van der Waals surface area contributed by atoms with Crippen molar-refractivity contribution in [3.63, 3.8) is 0 Å². The zero-order chi connectivity index (χ0) is 18.0. The SMILES string of the molecule is CN(Cc1ccc(C(F)(F)F)cc1)Cn1nc2n(c1=S)CCCCC2. The average molecular weight is 370 g/mol. The summed E-state index contributed by atoms with van der Waals surface area (Å²) in [5.41, 5.74) is 0.196. The van der Waals surface area contributed by atoms with Crippen LogP contribution in [0, 0.1) is 4.77 Å². The molecule has 8 heteroatoms. The molecule has 1 aromatic heterocycles. The highest BCUT2D eigenvalue weighted by Crippen LogP contribution is 2.29. The first-order valence-corrected chi connectivity index (χ1v) is 8.76. The topological polar surface area (TPSA) is 26.0 Å². The summed E-state index contributed by atoms with van der Waals surface area (Å²) in [6.45, 7) is 1.96. The van der Waals surface area contributed by atoms with Gasteiger partial charge in [-0.1, -0.05) is 18.6 Å². The molecule has 0 fully saturated rings. The first kappa shape index (κ1) is 18.1. The molecule has 0 spiro atoms. The van der Waals surface area contributed by atoms with Gasteiger partial charge in [-0.15, -0.1) is 0 Å². The lowest BCUT2D eigenvalue weighted by Crippen LogP contribution is -2.22. The summed E-state index contributed by atoms with van der Waals surface area (Å²) >= 11 is 5.53. The van der Waals surface area contributed by atoms with E-state index >= 15 is 0 Å². The highest BCUT2D eigenvalue weighted by Gasteiger charge is 2.29. The molecule has 2 aromatic rings. The van der Waals surface area contributed by atoms with Crippen molar-refractivity contribution in [1.82, 2.24) is 19.2 Å². The predicted molar refractivity (Wildman–Crippen MR) is 91.5 cm³/mol. The lowest BCUT2D eigenvalue weighted by atomic mass is 10.1. The highest BCUT2D eigenvalue weighted by atomic mass is 32.1. The molecule has 0 aliphatic carbocycles. The molecule has 2 heterocycles. The van der Waals surface area contributed by atoms with E-state index in [4.69, 9.17) is 12.2 Å². The van der Waals surface area contributed by atoms with Gasteiger partial charge in [0.2, 0.25) is 0 Å². The van der Waals surface area contributed by atoms with E-state index in [1.807, 2.05) is 11.9 Å². The van der Waals surface area contributed by atoms with Crippen molar-refractivity contribution in [3.8, 4) is 0 Å². The van der Waals surface area contributed by atoms with E-state index in [9.17, 15) is 13.2 Å². The van der Waals surface area contributed by atoms with Crippen molar-refractivity contribution in [2.45, 2.75) is 51.6 Å². The van der Waals surface area contributed by atoms with Crippen LogP contribution in [0.2, 0.25) is 0 Å². The molecule has 25 heavy (non-hydrogen) atoms. The van der Waals surface area contributed by atoms with E-state index < -0.39 is 11.7 Å². The third-order valence-electron chi connectivity index (χ3n) is 4.39. The lowest BCUT2D eigenvalue weighted by Gasteiger charge is -2.17. The number of nitrogens with zero attached hydrogens (tertiary/aromatic N) is 4. The van der Waals surface area contributed by atoms with Crippen LogP contribution in [0.15, 0.2) is 24.3 Å². The van der Waals surface area contributed by atoms with Crippen molar-refractivity contribution < 1.29 is 13.2 Å². The van der Waals surface area contributed by atoms with Gasteiger partial charge in [0, 0.05) is 19.5 Å². The van der Waals surface area contributed by atoms with Gasteiger partial charge in [0.05, 0.1) is 12.2 Å². The van der Waals surface area contributed by atoms with Gasteiger partial charge in [0.15, 0.2) is 4.77 Å². The van der Waals surface area contributed by atoms with E-state index in [0.29, 0.717) is 13.2 Å². The first-order chi connectivity index (χ1) is 11.8. The van der Waals surface area contributed by atoms with Crippen molar-refractivity contribution in [1.29, 1.82) is 0 Å². The monoisotopic (exact) mass is 370 g/mol. The number of rotatable bonds is 4. The van der Waals surface area contributed by atoms with Crippen LogP contribution in [-0.2, 0) is 32.4 Å². The Balaban J connectivity index is 1.67. The molecular formula is C17H21F3N4S. The third-order valence-corrected chi connectivity index (χ3v) is 4.82. The molecule has 0 unspecified atom stereocenters. The summed E-state index contributed by atoms with van der Waals surface area (Å²) in [5, 5.41) is 4.62. The molecule has 0 saturated heterocycles. The van der Waals surface area contributed by atoms with Crippen LogP contribution in [-0.4, -0.2) is 26.3 Å². The van der Waals surface area contributed by atoms with Crippen molar-refractivity contribution in [2.75, 3.05) is 7.05 Å². The predicted octanol–water partition coefficient (Wildman–Crippen LogP) is 4.25. The molecule has 0 radical (unpaired) electrons. The van der Waals surface area contributed by atoms with Crippen LogP contribution in [0.1, 0.15) is 36.2 Å². The Bertz CT molecular complexity index is 777. The number of hydrogen-bond donors (Lipinski definition) is 0. The van der Waals surface area contributed by atoms with Crippen LogP contribution < -0.4 is 0 Å². The second-order valence-corrected chi connectivity index (χ2v) is 6.88. The molecular weight excluding hydrogens is 349 g/mol. The Morgan fingerprint density at radius 1 is 1.16 bits per heavy atom. The Morgan fingerprint density at radius 2 is 1.88 bits per heavy atom. The van der Waals surface area contributed by atoms with Crippen molar-refractivity contribution >= 4 is 12.2 Å². The Hall–Kier alpha value is -1.67. The Labute approximate surface area is 149 Å². The molecule has 1 aromatic carbocycles. The fourth-order valence-corrected chi connectivity index (χ4v) is 3.40. The molecule has 3 rings (SSSR count). The van der Waals surface area contributed by atoms with Gasteiger partial charge in [0.25, 0.3) is 0 Å². The number of alkyl halides is 3. The molecule has 0 saturated carbocycles. The minimum Gasteiger partial charge on any atom is -0.304 e. The minimum atomic E-state index is -4.30. The van der Waals surface area contributed by atoms with Gasteiger partial charge in [-0.25, -0.2) is 4.68 Å². The number of fused-ring (bicyclic) bond motifs is 1. The second kappa shape index (κ2) is 7.29. The number of hydrogen-bond acceptors (Lipinski definition) is 3. The summed E-state index contributed by atoms with van der Waals surface area (Å²) < 4.78 is 42.5. The van der Waals surface area contributed by atoms with Gasteiger partial charge in [-0.3, -0.25) is 4.90 Å². The fraction of sp³-hybridized carbons (Fsp3) is 0.529. The zero-order valence-electron chi connectivity index (χ0n) is 14.1. The number of benzene rings is 1. The molecule has 0 N–H and O–H groups in total. The summed E-state index contributed by atoms with van der Waals surface area (Å²) in [6.07, 6.45) is 0.0958. The van der Waals surface area contributed by atoms with Gasteiger partial charge in [-0.2, -0.15) is 18.3 Å². The van der Waals surface area contributed by atoms with E-state index in [1.165, 1.54) is 18.6 Å². The minimum absolute atomic E-state index is 0.514. The Morgan fingerprint density at radius 3 is 2.56 bits per heavy atom. The van der Waals surface area contributed by atoms with Gasteiger partial charge in [0.1, 0.15) is 5.82 Å². The van der Waals surface area contributed by atoms with Crippen LogP contribution in [0.5, 0.6) is 0 Å². The van der Waals surface area contributed by atoms with E-state index in [2.05, 4.69) is 9.67 Å². The fourth-order valence-electron chi connectivity index (χ4n) is 3.11. The molecule has 1 aliphatic rings. The summed E-state index contributed by atoms with van der Waals surface area (Å²) in [5.74, 6) is 1.03. The quantitative estimate of drug-likeness (QED) is 0.753. The summed E-state index contributed by atoms with van der Waals surface area (Å²) in [6, 6.07) is 5.27. The van der Waals surface area contributed by atoms with Crippen LogP contribution >= 0.6 is 12.2 Å². The molecule has 136 valence electrons. The van der Waals surface area contributed by atoms with Gasteiger partial charge in [-0.05, 0) is 49.8 Å². The molecule has 1 aliphatic heterocycles. The summed E-state index contributed by atoms with van der Waals surface area (Å²) in [4.78, 5) is 1.99. The van der Waals surface area contributed by atoms with Gasteiger partial charge < -0.3 is 4.57 Å². The van der Waals surface area contributed by atoms with Crippen molar-refractivity contribution in [2.24, 2.45) is 0 Å². The third kappa shape index (κ3) is 4.30. The smallest absolute Gasteiger partial charge is 0.304 e. The number of aromatic nitrogens is 3. The highest BCUT2D eigenvalue weighted by molar-refractivity contribution is 7.71. The van der Waals surface area contributed by atoms with E-state index in [-0.39, 0.29) is 0 Å². The molecule has 0 bridgehead atoms.